The highest BCUT2D eigenvalue weighted by Crippen LogP contribution is 2.30. The van der Waals surface area contributed by atoms with E-state index in [0.717, 1.165) is 17.0 Å². The van der Waals surface area contributed by atoms with Crippen molar-refractivity contribution < 1.29 is 9.59 Å². The van der Waals surface area contributed by atoms with Crippen molar-refractivity contribution in [2.45, 2.75) is 13.8 Å². The maximum atomic E-state index is 12.5. The minimum Gasteiger partial charge on any atom is -0.300 e. The topological polar surface area (TPSA) is 75.5 Å². The molecule has 1 saturated heterocycles. The molecule has 6 nitrogen and oxygen atoms in total. The number of aromatic nitrogens is 1. The van der Waals surface area contributed by atoms with Gasteiger partial charge in [0.15, 0.2) is 5.17 Å². The van der Waals surface area contributed by atoms with E-state index in [1.165, 1.54) is 11.8 Å². The Hall–Kier alpha value is -3.29. The van der Waals surface area contributed by atoms with Crippen LogP contribution in [0, 0.1) is 13.8 Å². The van der Waals surface area contributed by atoms with Crippen LogP contribution in [0.25, 0.3) is 6.08 Å². The molecular weight excluding hydrogens is 432 g/mol. The first-order chi connectivity index (χ1) is 14.9. The summed E-state index contributed by atoms with van der Waals surface area (Å²) in [4.78, 5) is 29.9. The Morgan fingerprint density at radius 1 is 1.13 bits per heavy atom. The molecule has 0 spiro atoms. The lowest BCUT2D eigenvalue weighted by atomic mass is 10.2. The number of benzene rings is 2. The average molecular weight is 451 g/mol. The van der Waals surface area contributed by atoms with E-state index in [0.29, 0.717) is 26.3 Å². The molecule has 0 saturated carbocycles. The van der Waals surface area contributed by atoms with E-state index in [4.69, 9.17) is 11.6 Å². The zero-order valence-corrected chi connectivity index (χ0v) is 18.4. The molecule has 1 aliphatic heterocycles. The highest BCUT2D eigenvalue weighted by atomic mass is 35.5. The molecule has 2 heterocycles. The van der Waals surface area contributed by atoms with E-state index in [1.54, 1.807) is 41.1 Å². The van der Waals surface area contributed by atoms with Gasteiger partial charge in [-0.25, -0.2) is 4.99 Å². The SMILES string of the molecule is Cc1cc(/C=C2\SC(=Nc3cccc(Cl)c3)NC2=O)c(C)n1NC(=O)c1ccccc1. The highest BCUT2D eigenvalue weighted by molar-refractivity contribution is 8.18. The standard InChI is InChI=1S/C23H19ClN4O2S/c1-14-11-17(15(2)28(14)27-21(29)16-7-4-3-5-8-16)12-20-22(30)26-23(31-20)25-19-10-6-9-18(24)13-19/h3-13H,1-2H3,(H,27,29)(H,25,26,30)/b20-12-. The molecule has 1 aromatic heterocycles. The number of hydrogen-bond acceptors (Lipinski definition) is 4. The fourth-order valence-corrected chi connectivity index (χ4v) is 4.16. The lowest BCUT2D eigenvalue weighted by molar-refractivity contribution is -0.115. The van der Waals surface area contributed by atoms with Crippen molar-refractivity contribution in [3.05, 3.63) is 93.1 Å². The number of thioether (sulfide) groups is 1. The lowest BCUT2D eigenvalue weighted by Crippen LogP contribution is -2.24. The number of rotatable bonds is 4. The number of nitrogens with one attached hydrogen (secondary N) is 2. The Labute approximate surface area is 189 Å². The second-order valence-electron chi connectivity index (χ2n) is 6.93. The molecule has 2 amide bonds. The van der Waals surface area contributed by atoms with Gasteiger partial charge in [-0.1, -0.05) is 35.9 Å². The molecule has 156 valence electrons. The highest BCUT2D eigenvalue weighted by Gasteiger charge is 2.24. The van der Waals surface area contributed by atoms with E-state index in [2.05, 4.69) is 15.7 Å². The summed E-state index contributed by atoms with van der Waals surface area (Å²) < 4.78 is 1.72. The Kier molecular flexibility index (Phi) is 5.97. The fraction of sp³-hybridized carbons (Fsp3) is 0.0870. The molecule has 2 aromatic carbocycles. The summed E-state index contributed by atoms with van der Waals surface area (Å²) in [6.07, 6.45) is 1.80. The molecule has 0 atom stereocenters. The zero-order chi connectivity index (χ0) is 22.0. The van der Waals surface area contributed by atoms with Crippen LogP contribution >= 0.6 is 23.4 Å². The smallest absolute Gasteiger partial charge is 0.270 e. The summed E-state index contributed by atoms with van der Waals surface area (Å²) in [7, 11) is 0. The van der Waals surface area contributed by atoms with E-state index in [9.17, 15) is 9.59 Å². The van der Waals surface area contributed by atoms with Gasteiger partial charge in [0.05, 0.1) is 10.6 Å². The van der Waals surface area contributed by atoms with Gasteiger partial charge in [0.25, 0.3) is 11.8 Å². The molecule has 0 unspecified atom stereocenters. The van der Waals surface area contributed by atoms with Crippen molar-refractivity contribution in [1.82, 2.24) is 9.99 Å². The molecule has 3 aromatic rings. The predicted molar refractivity (Wildman–Crippen MR) is 126 cm³/mol. The summed E-state index contributed by atoms with van der Waals surface area (Å²) >= 11 is 7.26. The van der Waals surface area contributed by atoms with E-state index in [1.807, 2.05) is 44.2 Å². The number of halogens is 1. The summed E-state index contributed by atoms with van der Waals surface area (Å²) in [5.41, 5.74) is 6.65. The number of amides is 2. The third-order valence-electron chi connectivity index (χ3n) is 4.70. The summed E-state index contributed by atoms with van der Waals surface area (Å²) in [5.74, 6) is -0.422. The molecule has 1 aliphatic rings. The van der Waals surface area contributed by atoms with Crippen LogP contribution in [-0.4, -0.2) is 21.7 Å². The monoisotopic (exact) mass is 450 g/mol. The normalized spacial score (nSPS) is 16.0. The number of aliphatic imine (C=N–C) groups is 1. The number of carbonyl (C=O) groups excluding carboxylic acids is 2. The second-order valence-corrected chi connectivity index (χ2v) is 8.40. The van der Waals surface area contributed by atoms with Gasteiger partial charge >= 0.3 is 0 Å². The molecule has 8 heteroatoms. The van der Waals surface area contributed by atoms with Crippen LogP contribution in [-0.2, 0) is 4.79 Å². The van der Waals surface area contributed by atoms with Gasteiger partial charge in [-0.05, 0) is 73.6 Å². The third kappa shape index (κ3) is 4.73. The Balaban J connectivity index is 1.56. The van der Waals surface area contributed by atoms with Crippen molar-refractivity contribution in [2.24, 2.45) is 4.99 Å². The van der Waals surface area contributed by atoms with Crippen LogP contribution in [0.3, 0.4) is 0 Å². The van der Waals surface area contributed by atoms with Crippen LogP contribution in [0.4, 0.5) is 5.69 Å². The van der Waals surface area contributed by atoms with E-state index < -0.39 is 0 Å². The van der Waals surface area contributed by atoms with Gasteiger partial charge in [-0.2, -0.15) is 0 Å². The van der Waals surface area contributed by atoms with Crippen molar-refractivity contribution in [3.8, 4) is 0 Å². The summed E-state index contributed by atoms with van der Waals surface area (Å²) in [6, 6.07) is 18.1. The molecule has 4 rings (SSSR count). The molecule has 31 heavy (non-hydrogen) atoms. The zero-order valence-electron chi connectivity index (χ0n) is 16.8. The van der Waals surface area contributed by atoms with Crippen LogP contribution < -0.4 is 10.7 Å². The van der Waals surface area contributed by atoms with Crippen LogP contribution in [0.15, 0.2) is 70.6 Å². The van der Waals surface area contributed by atoms with Gasteiger partial charge in [-0.3, -0.25) is 19.7 Å². The number of nitrogens with zero attached hydrogens (tertiary/aromatic N) is 2. The van der Waals surface area contributed by atoms with Crippen molar-refractivity contribution in [1.29, 1.82) is 0 Å². The lowest BCUT2D eigenvalue weighted by Gasteiger charge is -2.11. The number of hydrogen-bond donors (Lipinski definition) is 2. The van der Waals surface area contributed by atoms with E-state index >= 15 is 0 Å². The predicted octanol–water partition coefficient (Wildman–Crippen LogP) is 5.03. The maximum absolute atomic E-state index is 12.5. The first-order valence-corrected chi connectivity index (χ1v) is 10.7. The number of carbonyl (C=O) groups is 2. The molecular formula is C23H19ClN4O2S. The van der Waals surface area contributed by atoms with Crippen molar-refractivity contribution >= 4 is 52.1 Å². The van der Waals surface area contributed by atoms with E-state index in [-0.39, 0.29) is 11.8 Å². The second kappa shape index (κ2) is 8.83. The van der Waals surface area contributed by atoms with Crippen LogP contribution in [0.5, 0.6) is 0 Å². The minimum atomic E-state index is -0.219. The largest absolute Gasteiger partial charge is 0.300 e. The van der Waals surface area contributed by atoms with Gasteiger partial charge < -0.3 is 5.32 Å². The Bertz CT molecular complexity index is 1230. The van der Waals surface area contributed by atoms with Gasteiger partial charge in [0.2, 0.25) is 0 Å². The Morgan fingerprint density at radius 2 is 1.90 bits per heavy atom. The number of aryl methyl sites for hydroxylation is 1. The third-order valence-corrected chi connectivity index (χ3v) is 5.84. The first kappa shape index (κ1) is 21.0. The maximum Gasteiger partial charge on any atom is 0.270 e. The molecule has 1 fully saturated rings. The van der Waals surface area contributed by atoms with Crippen LogP contribution in [0.1, 0.15) is 27.3 Å². The van der Waals surface area contributed by atoms with Crippen molar-refractivity contribution in [2.75, 3.05) is 5.43 Å². The molecule has 0 bridgehead atoms. The number of amidine groups is 1. The first-order valence-electron chi connectivity index (χ1n) is 9.51. The van der Waals surface area contributed by atoms with Gasteiger partial charge in [0.1, 0.15) is 0 Å². The molecule has 0 radical (unpaired) electrons. The molecule has 0 aliphatic carbocycles. The Morgan fingerprint density at radius 3 is 2.65 bits per heavy atom. The quantitative estimate of drug-likeness (QED) is 0.547. The summed E-state index contributed by atoms with van der Waals surface area (Å²) in [6.45, 7) is 3.79. The fourth-order valence-electron chi connectivity index (χ4n) is 3.15. The molecule has 2 N–H and O–H groups in total. The van der Waals surface area contributed by atoms with Gasteiger partial charge in [0, 0.05) is 22.0 Å². The van der Waals surface area contributed by atoms with Gasteiger partial charge in [-0.15, -0.1) is 0 Å². The minimum absolute atomic E-state index is 0.203. The average Bonchev–Trinajstić information content (AvgIpc) is 3.22. The van der Waals surface area contributed by atoms with Crippen molar-refractivity contribution in [3.63, 3.8) is 0 Å². The summed E-state index contributed by atoms with van der Waals surface area (Å²) in [5, 5.41) is 3.84. The van der Waals surface area contributed by atoms with Crippen LogP contribution in [0.2, 0.25) is 5.02 Å².